The van der Waals surface area contributed by atoms with Gasteiger partial charge in [0.05, 0.1) is 4.92 Å². The van der Waals surface area contributed by atoms with E-state index in [1.807, 2.05) is 37.3 Å². The maximum Gasteiger partial charge on any atom is 0.289 e. The van der Waals surface area contributed by atoms with Crippen molar-refractivity contribution < 1.29 is 4.92 Å². The van der Waals surface area contributed by atoms with Crippen LogP contribution in [0.25, 0.3) is 0 Å². The van der Waals surface area contributed by atoms with Crippen LogP contribution in [0.2, 0.25) is 0 Å². The van der Waals surface area contributed by atoms with Crippen LogP contribution in [0.5, 0.6) is 0 Å². The maximum absolute atomic E-state index is 10.9. The molecule has 5 nitrogen and oxygen atoms in total. The summed E-state index contributed by atoms with van der Waals surface area (Å²) in [5.74, 6) is 0. The normalized spacial score (nSPS) is 9.80. The predicted molar refractivity (Wildman–Crippen MR) is 76.3 cm³/mol. The van der Waals surface area contributed by atoms with E-state index in [-0.39, 0.29) is 11.3 Å². The molecule has 0 heterocycles. The number of nitriles is 1. The summed E-state index contributed by atoms with van der Waals surface area (Å²) in [5, 5.41) is 22.8. The van der Waals surface area contributed by atoms with Gasteiger partial charge in [-0.3, -0.25) is 10.1 Å². The second-order valence-corrected chi connectivity index (χ2v) is 4.44. The summed E-state index contributed by atoms with van der Waals surface area (Å²) in [6.07, 6.45) is 0. The zero-order valence-corrected chi connectivity index (χ0v) is 11.0. The first-order valence-electron chi connectivity index (χ1n) is 6.08. The molecule has 0 atom stereocenters. The standard InChI is InChI=1S/C15H13N3O2/c1-11-2-4-12(5-3-11)10-17-14-7-6-13(9-16)15(8-14)18(19)20/h2-8,17H,10H2,1H3. The Bertz CT molecular complexity index is 673. The molecule has 0 saturated heterocycles. The lowest BCUT2D eigenvalue weighted by Crippen LogP contribution is -2.01. The van der Waals surface area contributed by atoms with Crippen LogP contribution in [0.1, 0.15) is 16.7 Å². The number of nitrogens with one attached hydrogen (secondary N) is 1. The minimum Gasteiger partial charge on any atom is -0.381 e. The molecule has 1 N–H and O–H groups in total. The molecule has 2 aromatic carbocycles. The minimum atomic E-state index is -0.546. The van der Waals surface area contributed by atoms with Gasteiger partial charge in [-0.05, 0) is 24.6 Å². The number of nitro benzene ring substituents is 1. The fraction of sp³-hybridized carbons (Fsp3) is 0.133. The lowest BCUT2D eigenvalue weighted by Gasteiger charge is -2.07. The largest absolute Gasteiger partial charge is 0.381 e. The molecule has 0 amide bonds. The van der Waals surface area contributed by atoms with E-state index in [0.29, 0.717) is 12.2 Å². The van der Waals surface area contributed by atoms with Crippen LogP contribution in [0.3, 0.4) is 0 Å². The lowest BCUT2D eigenvalue weighted by atomic mass is 10.1. The summed E-state index contributed by atoms with van der Waals surface area (Å²) in [4.78, 5) is 10.3. The molecule has 2 rings (SSSR count). The second kappa shape index (κ2) is 5.85. The molecular weight excluding hydrogens is 254 g/mol. The first-order chi connectivity index (χ1) is 9.60. The summed E-state index contributed by atoms with van der Waals surface area (Å²) >= 11 is 0. The fourth-order valence-electron chi connectivity index (χ4n) is 1.80. The summed E-state index contributed by atoms with van der Waals surface area (Å²) in [5.41, 5.74) is 2.78. The van der Waals surface area contributed by atoms with Gasteiger partial charge in [-0.2, -0.15) is 5.26 Å². The number of aryl methyl sites for hydroxylation is 1. The van der Waals surface area contributed by atoms with E-state index in [0.717, 1.165) is 5.56 Å². The van der Waals surface area contributed by atoms with E-state index >= 15 is 0 Å². The molecule has 0 aliphatic heterocycles. The average Bonchev–Trinajstić information content (AvgIpc) is 2.46. The molecule has 2 aromatic rings. The Morgan fingerprint density at radius 1 is 1.25 bits per heavy atom. The van der Waals surface area contributed by atoms with Crippen molar-refractivity contribution in [2.45, 2.75) is 13.5 Å². The predicted octanol–water partition coefficient (Wildman–Crippen LogP) is 3.39. The van der Waals surface area contributed by atoms with Gasteiger partial charge >= 0.3 is 0 Å². The minimum absolute atomic E-state index is 0.0656. The third kappa shape index (κ3) is 3.12. The Hall–Kier alpha value is -2.87. The van der Waals surface area contributed by atoms with Crippen LogP contribution in [0.4, 0.5) is 11.4 Å². The maximum atomic E-state index is 10.9. The zero-order valence-electron chi connectivity index (χ0n) is 11.0. The second-order valence-electron chi connectivity index (χ2n) is 4.44. The van der Waals surface area contributed by atoms with Gasteiger partial charge in [0.15, 0.2) is 0 Å². The molecule has 20 heavy (non-hydrogen) atoms. The Balaban J connectivity index is 2.14. The quantitative estimate of drug-likeness (QED) is 0.680. The Kier molecular flexibility index (Phi) is 3.96. The highest BCUT2D eigenvalue weighted by atomic mass is 16.6. The third-order valence-corrected chi connectivity index (χ3v) is 2.93. The zero-order chi connectivity index (χ0) is 14.5. The van der Waals surface area contributed by atoms with Gasteiger partial charge in [-0.25, -0.2) is 0 Å². The fourth-order valence-corrected chi connectivity index (χ4v) is 1.80. The van der Waals surface area contributed by atoms with Crippen LogP contribution in [-0.4, -0.2) is 4.92 Å². The Labute approximate surface area is 116 Å². The summed E-state index contributed by atoms with van der Waals surface area (Å²) in [6.45, 7) is 2.59. The molecule has 0 bridgehead atoms. The number of hydrogen-bond donors (Lipinski definition) is 1. The molecule has 0 unspecified atom stereocenters. The molecule has 0 saturated carbocycles. The molecular formula is C15H13N3O2. The summed E-state index contributed by atoms with van der Waals surface area (Å²) in [6, 6.07) is 14.3. The molecule has 0 aliphatic rings. The van der Waals surface area contributed by atoms with E-state index in [1.165, 1.54) is 17.7 Å². The first-order valence-corrected chi connectivity index (χ1v) is 6.08. The van der Waals surface area contributed by atoms with Crippen molar-refractivity contribution in [1.29, 1.82) is 5.26 Å². The van der Waals surface area contributed by atoms with Crippen LogP contribution >= 0.6 is 0 Å². The number of hydrogen-bond acceptors (Lipinski definition) is 4. The molecule has 0 spiro atoms. The Morgan fingerprint density at radius 2 is 1.95 bits per heavy atom. The number of nitro groups is 1. The van der Waals surface area contributed by atoms with Crippen molar-refractivity contribution in [3.63, 3.8) is 0 Å². The van der Waals surface area contributed by atoms with E-state index in [4.69, 9.17) is 5.26 Å². The monoisotopic (exact) mass is 267 g/mol. The first kappa shape index (κ1) is 13.6. The molecule has 0 fully saturated rings. The van der Waals surface area contributed by atoms with Crippen molar-refractivity contribution in [2.75, 3.05) is 5.32 Å². The highest BCUT2D eigenvalue weighted by molar-refractivity contribution is 5.59. The SMILES string of the molecule is Cc1ccc(CNc2ccc(C#N)c([N+](=O)[O-])c2)cc1. The van der Waals surface area contributed by atoms with E-state index < -0.39 is 4.92 Å². The lowest BCUT2D eigenvalue weighted by molar-refractivity contribution is -0.385. The number of anilines is 1. The molecule has 100 valence electrons. The van der Waals surface area contributed by atoms with Crippen LogP contribution in [0.15, 0.2) is 42.5 Å². The molecule has 0 radical (unpaired) electrons. The van der Waals surface area contributed by atoms with Crippen molar-refractivity contribution in [1.82, 2.24) is 0 Å². The van der Waals surface area contributed by atoms with Crippen LogP contribution < -0.4 is 5.32 Å². The smallest absolute Gasteiger partial charge is 0.289 e. The van der Waals surface area contributed by atoms with Crippen LogP contribution in [-0.2, 0) is 6.54 Å². The van der Waals surface area contributed by atoms with E-state index in [1.54, 1.807) is 6.07 Å². The third-order valence-electron chi connectivity index (χ3n) is 2.93. The van der Waals surface area contributed by atoms with E-state index in [9.17, 15) is 10.1 Å². The van der Waals surface area contributed by atoms with Gasteiger partial charge in [-0.1, -0.05) is 29.8 Å². The van der Waals surface area contributed by atoms with Gasteiger partial charge in [0.1, 0.15) is 11.6 Å². The summed E-state index contributed by atoms with van der Waals surface area (Å²) < 4.78 is 0. The highest BCUT2D eigenvalue weighted by Gasteiger charge is 2.13. The van der Waals surface area contributed by atoms with Gasteiger partial charge in [-0.15, -0.1) is 0 Å². The Morgan fingerprint density at radius 3 is 2.55 bits per heavy atom. The number of nitrogens with zero attached hydrogens (tertiary/aromatic N) is 2. The molecule has 0 aromatic heterocycles. The highest BCUT2D eigenvalue weighted by Crippen LogP contribution is 2.22. The van der Waals surface area contributed by atoms with Crippen LogP contribution in [0, 0.1) is 28.4 Å². The van der Waals surface area contributed by atoms with Gasteiger partial charge < -0.3 is 5.32 Å². The van der Waals surface area contributed by atoms with Gasteiger partial charge in [0.25, 0.3) is 5.69 Å². The molecule has 0 aliphatic carbocycles. The van der Waals surface area contributed by atoms with Crippen molar-refractivity contribution in [2.24, 2.45) is 0 Å². The van der Waals surface area contributed by atoms with Gasteiger partial charge in [0, 0.05) is 18.3 Å². The number of rotatable bonds is 4. The van der Waals surface area contributed by atoms with E-state index in [2.05, 4.69) is 5.32 Å². The van der Waals surface area contributed by atoms with Crippen molar-refractivity contribution in [3.8, 4) is 6.07 Å². The van der Waals surface area contributed by atoms with Crippen molar-refractivity contribution in [3.05, 3.63) is 69.3 Å². The molecule has 5 heteroatoms. The van der Waals surface area contributed by atoms with Crippen molar-refractivity contribution >= 4 is 11.4 Å². The summed E-state index contributed by atoms with van der Waals surface area (Å²) in [7, 11) is 0. The average molecular weight is 267 g/mol. The topological polar surface area (TPSA) is 79.0 Å². The van der Waals surface area contributed by atoms with Gasteiger partial charge in [0.2, 0.25) is 0 Å². The number of benzene rings is 2.